The van der Waals surface area contributed by atoms with E-state index < -0.39 is 23.7 Å². The first-order valence-electron chi connectivity index (χ1n) is 7.48. The van der Waals surface area contributed by atoms with E-state index in [2.05, 4.69) is 10.1 Å². The molecule has 0 aliphatic carbocycles. The van der Waals surface area contributed by atoms with Crippen LogP contribution < -0.4 is 5.32 Å². The van der Waals surface area contributed by atoms with Crippen molar-refractivity contribution in [2.45, 2.75) is 45.3 Å². The maximum atomic E-state index is 12.1. The molecule has 6 nitrogen and oxygen atoms in total. The Labute approximate surface area is 146 Å². The number of nitrogens with one attached hydrogen (secondary N) is 1. The lowest BCUT2D eigenvalue weighted by Crippen LogP contribution is -2.44. The van der Waals surface area contributed by atoms with Crippen molar-refractivity contribution in [2.75, 3.05) is 7.11 Å². The molecule has 0 heterocycles. The second-order valence-corrected chi connectivity index (χ2v) is 6.63. The fourth-order valence-corrected chi connectivity index (χ4v) is 2.02. The summed E-state index contributed by atoms with van der Waals surface area (Å²) in [6.45, 7) is 5.14. The Hall–Kier alpha value is -2.08. The summed E-state index contributed by atoms with van der Waals surface area (Å²) >= 11 is 5.78. The minimum absolute atomic E-state index is 0.0667. The van der Waals surface area contributed by atoms with Crippen LogP contribution in [0.4, 0.5) is 4.79 Å². The van der Waals surface area contributed by atoms with Crippen molar-refractivity contribution in [3.8, 4) is 0 Å². The number of ether oxygens (including phenoxy) is 2. The molecule has 0 spiro atoms. The van der Waals surface area contributed by atoms with Crippen LogP contribution in [0.1, 0.15) is 44.0 Å². The van der Waals surface area contributed by atoms with E-state index >= 15 is 0 Å². The summed E-state index contributed by atoms with van der Waals surface area (Å²) in [5, 5.41) is 2.96. The maximum Gasteiger partial charge on any atom is 0.408 e. The first-order chi connectivity index (χ1) is 11.1. The molecule has 0 saturated heterocycles. The third-order valence-electron chi connectivity index (χ3n) is 3.00. The van der Waals surface area contributed by atoms with Crippen LogP contribution in [0.15, 0.2) is 24.3 Å². The first kappa shape index (κ1) is 20.0. The van der Waals surface area contributed by atoms with Crippen molar-refractivity contribution in [3.63, 3.8) is 0 Å². The Bertz CT molecular complexity index is 592. The molecule has 0 fully saturated rings. The van der Waals surface area contributed by atoms with E-state index in [0.717, 1.165) is 0 Å². The van der Waals surface area contributed by atoms with Crippen LogP contribution >= 0.6 is 11.6 Å². The summed E-state index contributed by atoms with van der Waals surface area (Å²) in [5.74, 6) is -0.795. The van der Waals surface area contributed by atoms with Gasteiger partial charge in [0.1, 0.15) is 11.6 Å². The Morgan fingerprint density at radius 1 is 1.17 bits per heavy atom. The lowest BCUT2D eigenvalue weighted by molar-refractivity contribution is -0.143. The number of alkyl carbamates (subject to hydrolysis) is 1. The van der Waals surface area contributed by atoms with E-state index in [9.17, 15) is 14.4 Å². The molecule has 1 aromatic rings. The monoisotopic (exact) mass is 355 g/mol. The molecule has 0 bridgehead atoms. The van der Waals surface area contributed by atoms with Gasteiger partial charge in [0.15, 0.2) is 5.78 Å². The molecule has 24 heavy (non-hydrogen) atoms. The highest BCUT2D eigenvalue weighted by Crippen LogP contribution is 2.13. The van der Waals surface area contributed by atoms with E-state index in [1.54, 1.807) is 45.0 Å². The minimum Gasteiger partial charge on any atom is -0.467 e. The zero-order chi connectivity index (χ0) is 18.3. The average molecular weight is 356 g/mol. The fourth-order valence-electron chi connectivity index (χ4n) is 1.90. The van der Waals surface area contributed by atoms with E-state index in [-0.39, 0.29) is 18.6 Å². The molecule has 0 aliphatic rings. The summed E-state index contributed by atoms with van der Waals surface area (Å²) in [7, 11) is 1.22. The molecule has 7 heteroatoms. The summed E-state index contributed by atoms with van der Waals surface area (Å²) in [6.07, 6.45) is -0.568. The number of halogens is 1. The average Bonchev–Trinajstić information content (AvgIpc) is 2.49. The van der Waals surface area contributed by atoms with Crippen molar-refractivity contribution in [1.82, 2.24) is 5.32 Å². The van der Waals surface area contributed by atoms with Gasteiger partial charge in [-0.15, -0.1) is 0 Å². The standard InChI is InChI=1S/C17H22ClNO5/c1-17(2,3)24-16(22)19-13(15(21)23-4)9-10-14(20)11-5-7-12(18)8-6-11/h5-8,13H,9-10H2,1-4H3,(H,19,22)/t13-/m1/s1. The largest absolute Gasteiger partial charge is 0.467 e. The Kier molecular flexibility index (Phi) is 7.22. The predicted octanol–water partition coefficient (Wildman–Crippen LogP) is 3.37. The minimum atomic E-state index is -0.957. The third kappa shape index (κ3) is 7.00. The molecule has 0 unspecified atom stereocenters. The number of benzene rings is 1. The normalized spacial score (nSPS) is 12.2. The molecule has 1 amide bonds. The predicted molar refractivity (Wildman–Crippen MR) is 90.2 cm³/mol. The van der Waals surface area contributed by atoms with Gasteiger partial charge < -0.3 is 14.8 Å². The number of hydrogen-bond acceptors (Lipinski definition) is 5. The van der Waals surface area contributed by atoms with Crippen LogP contribution in [0.25, 0.3) is 0 Å². The van der Waals surface area contributed by atoms with Gasteiger partial charge in [-0.2, -0.15) is 0 Å². The zero-order valence-corrected chi connectivity index (χ0v) is 15.0. The second kappa shape index (κ2) is 8.68. The topological polar surface area (TPSA) is 81.7 Å². The molecule has 0 radical (unpaired) electrons. The van der Waals surface area contributed by atoms with Gasteiger partial charge in [-0.25, -0.2) is 9.59 Å². The SMILES string of the molecule is COC(=O)[C@@H](CCC(=O)c1ccc(Cl)cc1)NC(=O)OC(C)(C)C. The maximum absolute atomic E-state index is 12.1. The van der Waals surface area contributed by atoms with E-state index in [1.165, 1.54) is 7.11 Å². The number of ketones is 1. The Morgan fingerprint density at radius 2 is 1.75 bits per heavy atom. The van der Waals surface area contributed by atoms with Gasteiger partial charge in [-0.05, 0) is 51.5 Å². The van der Waals surface area contributed by atoms with Crippen LogP contribution in [0.3, 0.4) is 0 Å². The van der Waals surface area contributed by atoms with Gasteiger partial charge in [0.2, 0.25) is 0 Å². The van der Waals surface area contributed by atoms with Gasteiger partial charge in [0.25, 0.3) is 0 Å². The molecule has 132 valence electrons. The number of hydrogen-bond donors (Lipinski definition) is 1. The van der Waals surface area contributed by atoms with E-state index in [4.69, 9.17) is 16.3 Å². The van der Waals surface area contributed by atoms with Crippen LogP contribution in [-0.2, 0) is 14.3 Å². The highest BCUT2D eigenvalue weighted by Gasteiger charge is 2.25. The second-order valence-electron chi connectivity index (χ2n) is 6.19. The molecular formula is C17H22ClNO5. The van der Waals surface area contributed by atoms with Gasteiger partial charge >= 0.3 is 12.1 Å². The quantitative estimate of drug-likeness (QED) is 0.625. The lowest BCUT2D eigenvalue weighted by atomic mass is 10.0. The van der Waals surface area contributed by atoms with Gasteiger partial charge in [-0.1, -0.05) is 11.6 Å². The molecule has 0 saturated carbocycles. The van der Waals surface area contributed by atoms with Crippen molar-refractivity contribution in [3.05, 3.63) is 34.9 Å². The molecule has 0 aliphatic heterocycles. The smallest absolute Gasteiger partial charge is 0.408 e. The number of amides is 1. The van der Waals surface area contributed by atoms with Gasteiger partial charge in [0, 0.05) is 17.0 Å². The molecule has 1 N–H and O–H groups in total. The Morgan fingerprint density at radius 3 is 2.25 bits per heavy atom. The third-order valence-corrected chi connectivity index (χ3v) is 3.25. The zero-order valence-electron chi connectivity index (χ0n) is 14.2. The lowest BCUT2D eigenvalue weighted by Gasteiger charge is -2.22. The number of Topliss-reactive ketones (excluding diaryl/α,β-unsaturated/α-hetero) is 1. The number of methoxy groups -OCH3 is 1. The van der Waals surface area contributed by atoms with Crippen LogP contribution in [0.2, 0.25) is 5.02 Å². The summed E-state index contributed by atoms with van der Waals surface area (Å²) < 4.78 is 9.77. The van der Waals surface area contributed by atoms with E-state index in [0.29, 0.717) is 10.6 Å². The van der Waals surface area contributed by atoms with Crippen LogP contribution in [0.5, 0.6) is 0 Å². The number of carbonyl (C=O) groups excluding carboxylic acids is 3. The highest BCUT2D eigenvalue weighted by atomic mass is 35.5. The number of esters is 1. The highest BCUT2D eigenvalue weighted by molar-refractivity contribution is 6.30. The molecule has 1 aromatic carbocycles. The summed E-state index contributed by atoms with van der Waals surface area (Å²) in [5.41, 5.74) is -0.204. The number of rotatable bonds is 6. The molecule has 1 atom stereocenters. The van der Waals surface area contributed by atoms with Gasteiger partial charge in [0.05, 0.1) is 7.11 Å². The van der Waals surface area contributed by atoms with Crippen molar-refractivity contribution >= 4 is 29.4 Å². The molecule has 1 rings (SSSR count). The fraction of sp³-hybridized carbons (Fsp3) is 0.471. The molecular weight excluding hydrogens is 334 g/mol. The molecule has 0 aromatic heterocycles. The van der Waals surface area contributed by atoms with Crippen molar-refractivity contribution in [2.24, 2.45) is 0 Å². The van der Waals surface area contributed by atoms with Crippen molar-refractivity contribution < 1.29 is 23.9 Å². The van der Waals surface area contributed by atoms with Crippen LogP contribution in [-0.4, -0.2) is 36.6 Å². The Balaban J connectivity index is 2.66. The first-order valence-corrected chi connectivity index (χ1v) is 7.86. The van der Waals surface area contributed by atoms with Crippen molar-refractivity contribution in [1.29, 1.82) is 0 Å². The summed E-state index contributed by atoms with van der Waals surface area (Å²) in [4.78, 5) is 35.7. The van der Waals surface area contributed by atoms with Gasteiger partial charge in [-0.3, -0.25) is 4.79 Å². The van der Waals surface area contributed by atoms with E-state index in [1.807, 2.05) is 0 Å². The number of carbonyl (C=O) groups is 3. The summed E-state index contributed by atoms with van der Waals surface area (Å²) in [6, 6.07) is 5.50. The van der Waals surface area contributed by atoms with Crippen LogP contribution in [0, 0.1) is 0 Å².